The zero-order valence-corrected chi connectivity index (χ0v) is 27.1. The fraction of sp³-hybridized carbons (Fsp3) is 0.545. The minimum Gasteiger partial charge on any atom is -0.395 e. The Hall–Kier alpha value is -3.11. The number of aromatic nitrogens is 3. The molecule has 9 heteroatoms. The van der Waals surface area contributed by atoms with Crippen LogP contribution in [0.5, 0.6) is 0 Å². The van der Waals surface area contributed by atoms with E-state index in [2.05, 4.69) is 121 Å². The van der Waals surface area contributed by atoms with Crippen LogP contribution in [-0.2, 0) is 16.7 Å². The van der Waals surface area contributed by atoms with E-state index < -0.39 is 0 Å². The summed E-state index contributed by atoms with van der Waals surface area (Å²) < 4.78 is 6.19. The van der Waals surface area contributed by atoms with E-state index in [4.69, 9.17) is 14.8 Å². The van der Waals surface area contributed by atoms with E-state index in [0.717, 1.165) is 54.6 Å². The molecule has 232 valence electrons. The standard InChI is InChI=1S/C20H27N5O.C11H22N2O.C2H4/c1-19(2)9-16-20(3,12-26-19)15-10-21-13-22-18(15)25(16)17-8-6-7-14(23-17)11-24(4)5;1-4-11(7-6-8-12-3)13(5-2)9-10-14;1-2/h6-8,10,13,16H,9,11-12H2,1-5H3;4,6-7,12,14H,5,8-10H2,1-3H3;1-2H2/b;7-6-,11-4+;. The average Bonchev–Trinajstić information content (AvgIpc) is 3.23. The summed E-state index contributed by atoms with van der Waals surface area (Å²) >= 11 is 0. The zero-order chi connectivity index (χ0) is 31.3. The molecule has 2 unspecified atom stereocenters. The molecule has 9 nitrogen and oxygen atoms in total. The molecule has 2 N–H and O–H groups in total. The molecule has 1 saturated heterocycles. The van der Waals surface area contributed by atoms with E-state index in [9.17, 15) is 0 Å². The fourth-order valence-corrected chi connectivity index (χ4v) is 5.44. The van der Waals surface area contributed by atoms with Gasteiger partial charge in [0.05, 0.1) is 30.6 Å². The molecule has 0 amide bonds. The summed E-state index contributed by atoms with van der Waals surface area (Å²) in [6, 6.07) is 6.50. The second-order valence-corrected chi connectivity index (χ2v) is 11.5. The van der Waals surface area contributed by atoms with Gasteiger partial charge in [0.1, 0.15) is 18.0 Å². The molecule has 4 heterocycles. The van der Waals surface area contributed by atoms with Crippen LogP contribution in [-0.4, -0.2) is 95.5 Å². The van der Waals surface area contributed by atoms with Crippen molar-refractivity contribution in [2.24, 2.45) is 0 Å². The van der Waals surface area contributed by atoms with Crippen LogP contribution in [0.1, 0.15) is 52.3 Å². The van der Waals surface area contributed by atoms with Crippen molar-refractivity contribution in [1.29, 1.82) is 0 Å². The van der Waals surface area contributed by atoms with Crippen LogP contribution >= 0.6 is 0 Å². The van der Waals surface area contributed by atoms with E-state index in [1.54, 1.807) is 6.33 Å². The smallest absolute Gasteiger partial charge is 0.141 e. The SMILES string of the molecule is C/C=C(\C=C/CNC)N(CC)CCO.C=C.CN(C)Cc1cccc(N2c3ncncc3C3(C)COC(C)(C)CC23)n1. The highest BCUT2D eigenvalue weighted by Gasteiger charge is 2.55. The minimum atomic E-state index is -0.168. The Balaban J connectivity index is 0.000000330. The summed E-state index contributed by atoms with van der Waals surface area (Å²) in [5.74, 6) is 1.92. The third-order valence-corrected chi connectivity index (χ3v) is 7.57. The largest absolute Gasteiger partial charge is 0.395 e. The van der Waals surface area contributed by atoms with Crippen LogP contribution in [0.2, 0.25) is 0 Å². The molecular formula is C33H53N7O2. The summed E-state index contributed by atoms with van der Waals surface area (Å²) in [6.07, 6.45) is 10.7. The van der Waals surface area contributed by atoms with Crippen LogP contribution in [0.15, 0.2) is 67.8 Å². The lowest BCUT2D eigenvalue weighted by Crippen LogP contribution is -2.54. The number of anilines is 2. The molecule has 2 aromatic rings. The maximum absolute atomic E-state index is 8.88. The van der Waals surface area contributed by atoms with Crippen LogP contribution < -0.4 is 10.2 Å². The number of aliphatic hydroxyl groups excluding tert-OH is 1. The van der Waals surface area contributed by atoms with Crippen molar-refractivity contribution in [3.8, 4) is 0 Å². The summed E-state index contributed by atoms with van der Waals surface area (Å²) in [6.45, 7) is 20.9. The maximum atomic E-state index is 8.88. The number of hydrogen-bond acceptors (Lipinski definition) is 9. The van der Waals surface area contributed by atoms with Crippen molar-refractivity contribution in [1.82, 2.24) is 30.1 Å². The van der Waals surface area contributed by atoms with Gasteiger partial charge in [-0.25, -0.2) is 15.0 Å². The lowest BCUT2D eigenvalue weighted by atomic mass is 9.73. The first-order valence-corrected chi connectivity index (χ1v) is 14.8. The molecule has 0 aromatic carbocycles. The number of fused-ring (bicyclic) bond motifs is 3. The number of nitrogens with one attached hydrogen (secondary N) is 1. The Morgan fingerprint density at radius 2 is 2.00 bits per heavy atom. The fourth-order valence-electron chi connectivity index (χ4n) is 5.44. The van der Waals surface area contributed by atoms with Crippen molar-refractivity contribution < 1.29 is 9.84 Å². The monoisotopic (exact) mass is 579 g/mol. The Labute approximate surface area is 254 Å². The second-order valence-electron chi connectivity index (χ2n) is 11.5. The first-order valence-electron chi connectivity index (χ1n) is 14.8. The van der Waals surface area contributed by atoms with Gasteiger partial charge in [-0.15, -0.1) is 13.2 Å². The van der Waals surface area contributed by atoms with Gasteiger partial charge in [0, 0.05) is 49.1 Å². The molecule has 0 bridgehead atoms. The van der Waals surface area contributed by atoms with Gasteiger partial charge in [0.25, 0.3) is 0 Å². The van der Waals surface area contributed by atoms with Gasteiger partial charge in [-0.3, -0.25) is 0 Å². The van der Waals surface area contributed by atoms with Crippen LogP contribution in [0.3, 0.4) is 0 Å². The van der Waals surface area contributed by atoms with Gasteiger partial charge in [0.15, 0.2) is 0 Å². The number of ether oxygens (including phenoxy) is 1. The number of aliphatic hydroxyl groups is 1. The van der Waals surface area contributed by atoms with E-state index in [1.165, 1.54) is 0 Å². The van der Waals surface area contributed by atoms with Crippen molar-refractivity contribution in [3.05, 3.63) is 79.1 Å². The van der Waals surface area contributed by atoms with E-state index in [0.29, 0.717) is 13.2 Å². The van der Waals surface area contributed by atoms with Crippen molar-refractivity contribution >= 4 is 11.6 Å². The zero-order valence-electron chi connectivity index (χ0n) is 27.1. The second kappa shape index (κ2) is 16.5. The Kier molecular flexibility index (Phi) is 13.8. The molecule has 2 aromatic heterocycles. The Morgan fingerprint density at radius 3 is 2.62 bits per heavy atom. The van der Waals surface area contributed by atoms with Gasteiger partial charge >= 0.3 is 0 Å². The molecule has 2 atom stereocenters. The van der Waals surface area contributed by atoms with Gasteiger partial charge in [0.2, 0.25) is 0 Å². The molecule has 1 fully saturated rings. The third-order valence-electron chi connectivity index (χ3n) is 7.57. The van der Waals surface area contributed by atoms with Gasteiger partial charge in [-0.1, -0.05) is 25.1 Å². The molecule has 2 aliphatic heterocycles. The number of likely N-dealkylation sites (N-methyl/N-ethyl adjacent to an activating group) is 2. The third kappa shape index (κ3) is 8.70. The number of nitrogens with zero attached hydrogens (tertiary/aromatic N) is 6. The highest BCUT2D eigenvalue weighted by atomic mass is 16.5. The maximum Gasteiger partial charge on any atom is 0.141 e. The molecule has 42 heavy (non-hydrogen) atoms. The predicted molar refractivity (Wildman–Crippen MR) is 174 cm³/mol. The number of rotatable bonds is 10. The lowest BCUT2D eigenvalue weighted by Gasteiger charge is -2.46. The Bertz CT molecular complexity index is 1170. The first-order chi connectivity index (χ1) is 20.1. The lowest BCUT2D eigenvalue weighted by molar-refractivity contribution is -0.0893. The summed E-state index contributed by atoms with van der Waals surface area (Å²) in [5, 5.41) is 11.9. The molecule has 0 saturated carbocycles. The highest BCUT2D eigenvalue weighted by molar-refractivity contribution is 5.68. The summed E-state index contributed by atoms with van der Waals surface area (Å²) in [7, 11) is 6.04. The quantitative estimate of drug-likeness (QED) is 0.307. The molecule has 0 spiro atoms. The topological polar surface area (TPSA) is 89.9 Å². The summed E-state index contributed by atoms with van der Waals surface area (Å²) in [5.41, 5.74) is 3.07. The van der Waals surface area contributed by atoms with Crippen LogP contribution in [0.25, 0.3) is 0 Å². The first kappa shape index (κ1) is 35.1. The molecule has 0 radical (unpaired) electrons. The molecule has 2 aliphatic rings. The highest BCUT2D eigenvalue weighted by Crippen LogP contribution is 2.52. The van der Waals surface area contributed by atoms with Crippen LogP contribution in [0.4, 0.5) is 11.6 Å². The van der Waals surface area contributed by atoms with Gasteiger partial charge in [-0.2, -0.15) is 0 Å². The number of allylic oxidation sites excluding steroid dienone is 2. The van der Waals surface area contributed by atoms with Crippen molar-refractivity contribution in [3.63, 3.8) is 0 Å². The van der Waals surface area contributed by atoms with Crippen molar-refractivity contribution in [2.75, 3.05) is 58.9 Å². The van der Waals surface area contributed by atoms with E-state index in [1.807, 2.05) is 20.2 Å². The Morgan fingerprint density at radius 1 is 1.26 bits per heavy atom. The molecular weight excluding hydrogens is 526 g/mol. The predicted octanol–water partition coefficient (Wildman–Crippen LogP) is 4.69. The number of pyridine rings is 1. The number of hydrogen-bond donors (Lipinski definition) is 2. The van der Waals surface area contributed by atoms with Crippen molar-refractivity contribution in [2.45, 2.75) is 64.6 Å². The van der Waals surface area contributed by atoms with Crippen LogP contribution in [0, 0.1) is 0 Å². The van der Waals surface area contributed by atoms with Gasteiger partial charge < -0.3 is 29.9 Å². The van der Waals surface area contributed by atoms with E-state index in [-0.39, 0.29) is 23.7 Å². The van der Waals surface area contributed by atoms with Gasteiger partial charge in [-0.05, 0) is 73.5 Å². The molecule has 0 aliphatic carbocycles. The minimum absolute atomic E-state index is 0.134. The average molecular weight is 580 g/mol. The summed E-state index contributed by atoms with van der Waals surface area (Å²) in [4.78, 5) is 20.5. The normalized spacial score (nSPS) is 20.8. The molecule has 4 rings (SSSR count). The van der Waals surface area contributed by atoms with E-state index >= 15 is 0 Å².